The van der Waals surface area contributed by atoms with Gasteiger partial charge in [0.2, 0.25) is 5.91 Å². The Hall–Kier alpha value is -1.38. The second-order valence-corrected chi connectivity index (χ2v) is 6.07. The summed E-state index contributed by atoms with van der Waals surface area (Å²) in [5, 5.41) is 0. The molecule has 2 nitrogen and oxygen atoms in total. The van der Waals surface area contributed by atoms with Gasteiger partial charge in [-0.1, -0.05) is 12.1 Å². The third-order valence-corrected chi connectivity index (χ3v) is 4.16. The minimum Gasteiger partial charge on any atom is -0.337 e. The van der Waals surface area contributed by atoms with Crippen LogP contribution in [0.3, 0.4) is 0 Å². The van der Waals surface area contributed by atoms with Crippen LogP contribution in [0.2, 0.25) is 0 Å². The molecular formula is C16H20FNO. The second-order valence-electron chi connectivity index (χ2n) is 6.07. The normalized spacial score (nSPS) is 25.5. The van der Waals surface area contributed by atoms with Crippen molar-refractivity contribution < 1.29 is 9.18 Å². The Morgan fingerprint density at radius 2 is 1.89 bits per heavy atom. The van der Waals surface area contributed by atoms with Gasteiger partial charge in [-0.25, -0.2) is 4.39 Å². The highest BCUT2D eigenvalue weighted by Crippen LogP contribution is 2.49. The number of benzene rings is 1. The van der Waals surface area contributed by atoms with Crippen LogP contribution in [0, 0.1) is 11.7 Å². The van der Waals surface area contributed by atoms with Crippen LogP contribution in [0.15, 0.2) is 24.3 Å². The summed E-state index contributed by atoms with van der Waals surface area (Å²) < 4.78 is 12.9. The summed E-state index contributed by atoms with van der Waals surface area (Å²) in [5.74, 6) is 0.502. The molecule has 2 unspecified atom stereocenters. The SMILES string of the molecule is CC(C)N(C(=O)C1CC1c1ccc(F)cc1)C1CC1. The molecule has 0 spiro atoms. The van der Waals surface area contributed by atoms with Crippen molar-refractivity contribution in [3.05, 3.63) is 35.6 Å². The molecule has 0 N–H and O–H groups in total. The maximum atomic E-state index is 12.9. The summed E-state index contributed by atoms with van der Waals surface area (Å²) in [7, 11) is 0. The smallest absolute Gasteiger partial charge is 0.226 e. The van der Waals surface area contributed by atoms with Gasteiger partial charge in [0.05, 0.1) is 0 Å². The first-order valence-corrected chi connectivity index (χ1v) is 7.15. The van der Waals surface area contributed by atoms with Gasteiger partial charge in [0.25, 0.3) is 0 Å². The van der Waals surface area contributed by atoms with Gasteiger partial charge in [-0.05, 0) is 56.7 Å². The van der Waals surface area contributed by atoms with E-state index in [2.05, 4.69) is 18.7 Å². The topological polar surface area (TPSA) is 20.3 Å². The van der Waals surface area contributed by atoms with Crippen LogP contribution in [0.1, 0.15) is 44.6 Å². The number of carbonyl (C=O) groups excluding carboxylic acids is 1. The van der Waals surface area contributed by atoms with Gasteiger partial charge in [0.1, 0.15) is 5.82 Å². The number of amides is 1. The first-order chi connectivity index (χ1) is 9.08. The molecule has 2 aliphatic rings. The zero-order valence-electron chi connectivity index (χ0n) is 11.5. The van der Waals surface area contributed by atoms with Crippen molar-refractivity contribution in [2.75, 3.05) is 0 Å². The minimum absolute atomic E-state index is 0.119. The summed E-state index contributed by atoms with van der Waals surface area (Å²) >= 11 is 0. The lowest BCUT2D eigenvalue weighted by molar-refractivity contribution is -0.135. The van der Waals surface area contributed by atoms with E-state index < -0.39 is 0 Å². The first kappa shape index (κ1) is 12.6. The summed E-state index contributed by atoms with van der Waals surface area (Å²) in [4.78, 5) is 14.6. The molecule has 0 heterocycles. The Labute approximate surface area is 113 Å². The number of rotatable bonds is 4. The van der Waals surface area contributed by atoms with Gasteiger partial charge in [-0.15, -0.1) is 0 Å². The molecule has 1 aromatic carbocycles. The van der Waals surface area contributed by atoms with E-state index in [0.717, 1.165) is 24.8 Å². The molecule has 2 aliphatic carbocycles. The maximum absolute atomic E-state index is 12.9. The Kier molecular flexibility index (Phi) is 3.08. The molecule has 3 rings (SSSR count). The predicted molar refractivity (Wildman–Crippen MR) is 72.3 cm³/mol. The highest BCUT2D eigenvalue weighted by molar-refractivity contribution is 5.83. The Morgan fingerprint density at radius 1 is 1.26 bits per heavy atom. The Balaban J connectivity index is 1.68. The van der Waals surface area contributed by atoms with Crippen molar-refractivity contribution >= 4 is 5.91 Å². The summed E-state index contributed by atoms with van der Waals surface area (Å²) in [6.07, 6.45) is 3.22. The van der Waals surface area contributed by atoms with Gasteiger partial charge < -0.3 is 4.90 Å². The fraction of sp³-hybridized carbons (Fsp3) is 0.562. The lowest BCUT2D eigenvalue weighted by atomic mass is 10.1. The number of hydrogen-bond acceptors (Lipinski definition) is 1. The standard InChI is InChI=1S/C16H20FNO/c1-10(2)18(13-7-8-13)16(19)15-9-14(15)11-3-5-12(17)6-4-11/h3-6,10,13-15H,7-9H2,1-2H3. The van der Waals surface area contributed by atoms with Crippen molar-refractivity contribution in [2.24, 2.45) is 5.92 Å². The van der Waals surface area contributed by atoms with E-state index in [1.54, 1.807) is 0 Å². The fourth-order valence-electron chi connectivity index (χ4n) is 2.95. The molecule has 3 heteroatoms. The second kappa shape index (κ2) is 4.62. The molecule has 2 fully saturated rings. The molecule has 0 aliphatic heterocycles. The lowest BCUT2D eigenvalue weighted by Crippen LogP contribution is -2.40. The molecule has 2 atom stereocenters. The minimum atomic E-state index is -0.214. The predicted octanol–water partition coefficient (Wildman–Crippen LogP) is 3.33. The summed E-state index contributed by atoms with van der Waals surface area (Å²) in [6, 6.07) is 7.34. The summed E-state index contributed by atoms with van der Waals surface area (Å²) in [5.41, 5.74) is 1.10. The molecule has 1 aromatic rings. The quantitative estimate of drug-likeness (QED) is 0.814. The van der Waals surface area contributed by atoms with Crippen molar-refractivity contribution in [1.29, 1.82) is 0 Å². The average Bonchev–Trinajstić information content (AvgIpc) is 3.23. The van der Waals surface area contributed by atoms with Crippen molar-refractivity contribution in [1.82, 2.24) is 4.90 Å². The molecule has 0 bridgehead atoms. The first-order valence-electron chi connectivity index (χ1n) is 7.15. The molecule has 102 valence electrons. The van der Waals surface area contributed by atoms with Gasteiger partial charge >= 0.3 is 0 Å². The van der Waals surface area contributed by atoms with Crippen LogP contribution >= 0.6 is 0 Å². The van der Waals surface area contributed by atoms with Crippen molar-refractivity contribution in [2.45, 2.75) is 51.1 Å². The number of halogens is 1. The van der Waals surface area contributed by atoms with E-state index >= 15 is 0 Å². The van der Waals surface area contributed by atoms with Crippen molar-refractivity contribution in [3.63, 3.8) is 0 Å². The average molecular weight is 261 g/mol. The van der Waals surface area contributed by atoms with E-state index in [9.17, 15) is 9.18 Å². The molecule has 0 saturated heterocycles. The van der Waals surface area contributed by atoms with E-state index in [0.29, 0.717) is 17.9 Å². The highest BCUT2D eigenvalue weighted by Gasteiger charge is 2.48. The van der Waals surface area contributed by atoms with Crippen LogP contribution in [0.5, 0.6) is 0 Å². The van der Waals surface area contributed by atoms with Gasteiger partial charge in [-0.3, -0.25) is 4.79 Å². The third-order valence-electron chi connectivity index (χ3n) is 4.16. The van der Waals surface area contributed by atoms with Gasteiger partial charge in [0, 0.05) is 18.0 Å². The number of carbonyl (C=O) groups is 1. The number of hydrogen-bond donors (Lipinski definition) is 0. The Bertz CT molecular complexity index is 476. The molecular weight excluding hydrogens is 241 g/mol. The third kappa shape index (κ3) is 2.51. The zero-order chi connectivity index (χ0) is 13.6. The van der Waals surface area contributed by atoms with Gasteiger partial charge in [0.15, 0.2) is 0 Å². The van der Waals surface area contributed by atoms with Crippen LogP contribution in [0.25, 0.3) is 0 Å². The Morgan fingerprint density at radius 3 is 2.42 bits per heavy atom. The molecule has 2 saturated carbocycles. The maximum Gasteiger partial charge on any atom is 0.226 e. The van der Waals surface area contributed by atoms with Crippen LogP contribution in [-0.4, -0.2) is 22.9 Å². The highest BCUT2D eigenvalue weighted by atomic mass is 19.1. The van der Waals surface area contributed by atoms with E-state index in [-0.39, 0.29) is 17.8 Å². The van der Waals surface area contributed by atoms with E-state index in [1.165, 1.54) is 12.1 Å². The monoisotopic (exact) mass is 261 g/mol. The van der Waals surface area contributed by atoms with Crippen molar-refractivity contribution in [3.8, 4) is 0 Å². The number of nitrogens with zero attached hydrogens (tertiary/aromatic N) is 1. The lowest BCUT2D eigenvalue weighted by Gasteiger charge is -2.27. The molecule has 19 heavy (non-hydrogen) atoms. The molecule has 0 radical (unpaired) electrons. The molecule has 1 amide bonds. The van der Waals surface area contributed by atoms with Gasteiger partial charge in [-0.2, -0.15) is 0 Å². The van der Waals surface area contributed by atoms with Crippen LogP contribution < -0.4 is 0 Å². The van der Waals surface area contributed by atoms with E-state index in [4.69, 9.17) is 0 Å². The fourth-order valence-corrected chi connectivity index (χ4v) is 2.95. The largest absolute Gasteiger partial charge is 0.337 e. The van der Waals surface area contributed by atoms with Crippen LogP contribution in [0.4, 0.5) is 4.39 Å². The van der Waals surface area contributed by atoms with E-state index in [1.807, 2.05) is 12.1 Å². The van der Waals surface area contributed by atoms with Crippen LogP contribution in [-0.2, 0) is 4.79 Å². The zero-order valence-corrected chi connectivity index (χ0v) is 11.5. The summed E-state index contributed by atoms with van der Waals surface area (Å²) in [6.45, 7) is 4.18. The molecule has 0 aromatic heterocycles.